The minimum absolute atomic E-state index is 0.210. The molecule has 1 saturated carbocycles. The van der Waals surface area contributed by atoms with Crippen molar-refractivity contribution in [3.8, 4) is 6.07 Å². The van der Waals surface area contributed by atoms with E-state index in [0.29, 0.717) is 12.2 Å². The van der Waals surface area contributed by atoms with E-state index >= 15 is 0 Å². The molecule has 18 heavy (non-hydrogen) atoms. The number of fused-ring (bicyclic) bond motifs is 1. The van der Waals surface area contributed by atoms with Crippen LogP contribution >= 0.6 is 23.1 Å². The second kappa shape index (κ2) is 4.41. The number of nitrogens with two attached hydrogens (primary N) is 1. The number of rotatable bonds is 4. The van der Waals surface area contributed by atoms with Gasteiger partial charge in [0.15, 0.2) is 5.16 Å². The Balaban J connectivity index is 1.77. The van der Waals surface area contributed by atoms with E-state index in [4.69, 9.17) is 11.0 Å². The first-order valence-electron chi connectivity index (χ1n) is 5.73. The van der Waals surface area contributed by atoms with E-state index in [1.807, 2.05) is 11.4 Å². The average Bonchev–Trinajstić information content (AvgIpc) is 2.94. The molecule has 1 fully saturated rings. The Labute approximate surface area is 113 Å². The first-order valence-corrected chi connectivity index (χ1v) is 7.59. The largest absolute Gasteiger partial charge is 0.383 e. The highest BCUT2D eigenvalue weighted by Crippen LogP contribution is 2.51. The molecule has 0 atom stereocenters. The molecule has 0 radical (unpaired) electrons. The fourth-order valence-corrected chi connectivity index (χ4v) is 3.83. The van der Waals surface area contributed by atoms with Crippen LogP contribution in [-0.4, -0.2) is 15.7 Å². The van der Waals surface area contributed by atoms with Crippen molar-refractivity contribution in [1.29, 1.82) is 5.26 Å². The first kappa shape index (κ1) is 11.8. The fraction of sp³-hybridized carbons (Fsp3) is 0.417. The highest BCUT2D eigenvalue weighted by Gasteiger charge is 2.42. The van der Waals surface area contributed by atoms with Gasteiger partial charge in [0.25, 0.3) is 0 Å². The fourth-order valence-electron chi connectivity index (χ4n) is 1.86. The van der Waals surface area contributed by atoms with Gasteiger partial charge in [-0.25, -0.2) is 9.97 Å². The summed E-state index contributed by atoms with van der Waals surface area (Å²) in [6, 6.07) is 4.21. The van der Waals surface area contributed by atoms with Gasteiger partial charge in [0.1, 0.15) is 10.6 Å². The molecule has 2 N–H and O–H groups in total. The molecule has 0 amide bonds. The van der Waals surface area contributed by atoms with Gasteiger partial charge in [-0.1, -0.05) is 11.8 Å². The number of hydrogen-bond acceptors (Lipinski definition) is 6. The standard InChI is InChI=1S/C12H12N4S2/c13-5-4-12(2-3-12)7-18-11-15-9(14)8-1-6-17-10(8)16-11/h1,6H,2-4,7H2,(H2,14,15,16). The Bertz CT molecular complexity index is 625. The monoisotopic (exact) mass is 276 g/mol. The average molecular weight is 276 g/mol. The van der Waals surface area contributed by atoms with E-state index in [2.05, 4.69) is 16.0 Å². The maximum atomic E-state index is 8.79. The lowest BCUT2D eigenvalue weighted by atomic mass is 10.1. The van der Waals surface area contributed by atoms with Crippen molar-refractivity contribution in [2.24, 2.45) is 5.41 Å². The lowest BCUT2D eigenvalue weighted by Crippen LogP contribution is -2.04. The van der Waals surface area contributed by atoms with Gasteiger partial charge in [0.2, 0.25) is 0 Å². The van der Waals surface area contributed by atoms with E-state index in [-0.39, 0.29) is 5.41 Å². The first-order chi connectivity index (χ1) is 8.72. The van der Waals surface area contributed by atoms with Crippen molar-refractivity contribution in [2.45, 2.75) is 24.4 Å². The van der Waals surface area contributed by atoms with Gasteiger partial charge in [-0.3, -0.25) is 0 Å². The lowest BCUT2D eigenvalue weighted by molar-refractivity contribution is 0.603. The molecule has 4 nitrogen and oxygen atoms in total. The molecule has 0 saturated heterocycles. The Morgan fingerprint density at radius 2 is 2.33 bits per heavy atom. The molecule has 92 valence electrons. The van der Waals surface area contributed by atoms with Crippen LogP contribution in [0.25, 0.3) is 10.2 Å². The van der Waals surface area contributed by atoms with E-state index in [1.54, 1.807) is 23.1 Å². The van der Waals surface area contributed by atoms with Crippen LogP contribution in [0.2, 0.25) is 0 Å². The summed E-state index contributed by atoms with van der Waals surface area (Å²) in [6.07, 6.45) is 2.92. The normalized spacial score (nSPS) is 16.6. The smallest absolute Gasteiger partial charge is 0.190 e. The van der Waals surface area contributed by atoms with E-state index in [9.17, 15) is 0 Å². The Hall–Kier alpha value is -1.32. The Morgan fingerprint density at radius 1 is 1.50 bits per heavy atom. The molecule has 3 rings (SSSR count). The number of nitrogens with zero attached hydrogens (tertiary/aromatic N) is 3. The van der Waals surface area contributed by atoms with Gasteiger partial charge in [-0.05, 0) is 29.7 Å². The Morgan fingerprint density at radius 3 is 3.06 bits per heavy atom. The van der Waals surface area contributed by atoms with Crippen LogP contribution in [0.1, 0.15) is 19.3 Å². The minimum atomic E-state index is 0.210. The number of hydrogen-bond donors (Lipinski definition) is 1. The summed E-state index contributed by atoms with van der Waals surface area (Å²) in [4.78, 5) is 9.75. The minimum Gasteiger partial charge on any atom is -0.383 e. The van der Waals surface area contributed by atoms with Crippen LogP contribution in [-0.2, 0) is 0 Å². The van der Waals surface area contributed by atoms with E-state index < -0.39 is 0 Å². The molecule has 0 aliphatic heterocycles. The third-order valence-corrected chi connectivity index (χ3v) is 5.26. The third kappa shape index (κ3) is 2.16. The molecule has 0 spiro atoms. The van der Waals surface area contributed by atoms with Gasteiger partial charge < -0.3 is 5.73 Å². The predicted molar refractivity (Wildman–Crippen MR) is 74.4 cm³/mol. The Kier molecular flexibility index (Phi) is 2.88. The van der Waals surface area contributed by atoms with Crippen molar-refractivity contribution in [3.63, 3.8) is 0 Å². The quantitative estimate of drug-likeness (QED) is 0.686. The lowest BCUT2D eigenvalue weighted by Gasteiger charge is -2.09. The van der Waals surface area contributed by atoms with Crippen LogP contribution in [0.3, 0.4) is 0 Å². The van der Waals surface area contributed by atoms with Crippen molar-refractivity contribution < 1.29 is 0 Å². The number of anilines is 1. The zero-order chi connectivity index (χ0) is 12.6. The molecule has 1 aliphatic carbocycles. The molecular weight excluding hydrogens is 264 g/mol. The van der Waals surface area contributed by atoms with Crippen LogP contribution in [0.15, 0.2) is 16.6 Å². The van der Waals surface area contributed by atoms with Gasteiger partial charge >= 0.3 is 0 Å². The number of aromatic nitrogens is 2. The topological polar surface area (TPSA) is 75.6 Å². The molecule has 6 heteroatoms. The van der Waals surface area contributed by atoms with E-state index in [0.717, 1.165) is 34.0 Å². The third-order valence-electron chi connectivity index (χ3n) is 3.25. The highest BCUT2D eigenvalue weighted by molar-refractivity contribution is 7.99. The summed E-state index contributed by atoms with van der Waals surface area (Å²) < 4.78 is 0. The SMILES string of the molecule is N#CCC1(CSc2nc(N)c3ccsc3n2)CC1. The van der Waals surface area contributed by atoms with Crippen molar-refractivity contribution in [1.82, 2.24) is 9.97 Å². The molecule has 2 aromatic heterocycles. The van der Waals surface area contributed by atoms with Crippen LogP contribution in [0.4, 0.5) is 5.82 Å². The van der Waals surface area contributed by atoms with E-state index in [1.165, 1.54) is 0 Å². The molecule has 1 aliphatic rings. The van der Waals surface area contributed by atoms with Gasteiger partial charge in [0.05, 0.1) is 11.5 Å². The highest BCUT2D eigenvalue weighted by atomic mass is 32.2. The van der Waals surface area contributed by atoms with Crippen LogP contribution < -0.4 is 5.73 Å². The zero-order valence-corrected chi connectivity index (χ0v) is 11.4. The van der Waals surface area contributed by atoms with Crippen molar-refractivity contribution >= 4 is 39.1 Å². The summed E-state index contributed by atoms with van der Waals surface area (Å²) in [5.74, 6) is 1.46. The van der Waals surface area contributed by atoms with Crippen molar-refractivity contribution in [2.75, 3.05) is 11.5 Å². The maximum absolute atomic E-state index is 8.79. The van der Waals surface area contributed by atoms with Gasteiger partial charge in [-0.2, -0.15) is 5.26 Å². The predicted octanol–water partition coefficient (Wildman–Crippen LogP) is 3.06. The summed E-state index contributed by atoms with van der Waals surface area (Å²) in [7, 11) is 0. The summed E-state index contributed by atoms with van der Waals surface area (Å²) in [6.45, 7) is 0. The second-order valence-electron chi connectivity index (χ2n) is 4.65. The number of thioether (sulfide) groups is 1. The molecule has 2 heterocycles. The summed E-state index contributed by atoms with van der Waals surface area (Å²) in [5.41, 5.74) is 6.12. The zero-order valence-electron chi connectivity index (χ0n) is 9.72. The second-order valence-corrected chi connectivity index (χ2v) is 6.49. The molecule has 0 aromatic carbocycles. The van der Waals surface area contributed by atoms with Gasteiger partial charge in [-0.15, -0.1) is 11.3 Å². The number of thiophene rings is 1. The summed E-state index contributed by atoms with van der Waals surface area (Å²) in [5, 5.41) is 12.4. The number of nitriles is 1. The molecule has 0 bridgehead atoms. The number of nitrogen functional groups attached to an aromatic ring is 1. The molecule has 0 unspecified atom stereocenters. The summed E-state index contributed by atoms with van der Waals surface area (Å²) >= 11 is 3.19. The van der Waals surface area contributed by atoms with Crippen molar-refractivity contribution in [3.05, 3.63) is 11.4 Å². The molecule has 2 aromatic rings. The van der Waals surface area contributed by atoms with Gasteiger partial charge in [0, 0.05) is 12.2 Å². The van der Waals surface area contributed by atoms with Crippen LogP contribution in [0.5, 0.6) is 0 Å². The van der Waals surface area contributed by atoms with Crippen LogP contribution in [0, 0.1) is 16.7 Å². The molecular formula is C12H12N4S2. The maximum Gasteiger partial charge on any atom is 0.190 e.